The lowest BCUT2D eigenvalue weighted by Crippen LogP contribution is -2.27. The molecule has 1 aliphatic rings. The smallest absolute Gasteiger partial charge is 0.307 e. The van der Waals surface area contributed by atoms with Gasteiger partial charge in [-0.15, -0.1) is 0 Å². The predicted molar refractivity (Wildman–Crippen MR) is 76.4 cm³/mol. The van der Waals surface area contributed by atoms with E-state index >= 15 is 0 Å². The highest BCUT2D eigenvalue weighted by Gasteiger charge is 2.32. The highest BCUT2D eigenvalue weighted by atomic mass is 32.2. The second-order valence-electron chi connectivity index (χ2n) is 4.94. The van der Waals surface area contributed by atoms with E-state index in [9.17, 15) is 14.7 Å². The van der Waals surface area contributed by atoms with Gasteiger partial charge in [0.1, 0.15) is 0 Å². The number of carboxylic acids is 1. The van der Waals surface area contributed by atoms with E-state index in [1.807, 2.05) is 18.2 Å². The summed E-state index contributed by atoms with van der Waals surface area (Å²) in [5.74, 6) is -0.871. The molecule has 1 aliphatic carbocycles. The van der Waals surface area contributed by atoms with Crippen molar-refractivity contribution in [2.45, 2.75) is 32.1 Å². The van der Waals surface area contributed by atoms with Gasteiger partial charge in [-0.05, 0) is 36.3 Å². The Morgan fingerprint density at radius 1 is 1.42 bits per heavy atom. The Bertz CT molecular complexity index is 484. The summed E-state index contributed by atoms with van der Waals surface area (Å²) < 4.78 is 0. The number of carbonyl (C=O) groups is 2. The minimum Gasteiger partial charge on any atom is -0.481 e. The molecule has 3 nitrogen and oxygen atoms in total. The molecule has 0 amide bonds. The summed E-state index contributed by atoms with van der Waals surface area (Å²) in [6.07, 6.45) is 2.95. The third-order valence-electron chi connectivity index (χ3n) is 3.68. The number of aryl methyl sites for hydroxylation is 1. The van der Waals surface area contributed by atoms with E-state index in [0.717, 1.165) is 36.6 Å². The van der Waals surface area contributed by atoms with Crippen molar-refractivity contribution in [1.82, 2.24) is 0 Å². The quantitative estimate of drug-likeness (QED) is 0.919. The van der Waals surface area contributed by atoms with E-state index in [1.54, 1.807) is 0 Å². The SMILES string of the molecule is CC(=O)SC[C@@H](C(=O)O)[C@@H]1CCCc2ccccc21. The summed E-state index contributed by atoms with van der Waals surface area (Å²) in [6, 6.07) is 8.08. The van der Waals surface area contributed by atoms with Gasteiger partial charge in [0.15, 0.2) is 5.12 Å². The summed E-state index contributed by atoms with van der Waals surface area (Å²) >= 11 is 1.12. The Morgan fingerprint density at radius 2 is 2.16 bits per heavy atom. The third kappa shape index (κ3) is 3.38. The molecule has 0 fully saturated rings. The maximum absolute atomic E-state index is 11.5. The molecule has 1 N–H and O–H groups in total. The van der Waals surface area contributed by atoms with Crippen molar-refractivity contribution in [2.24, 2.45) is 5.92 Å². The molecular weight excluding hydrogens is 260 g/mol. The van der Waals surface area contributed by atoms with Crippen LogP contribution in [0.4, 0.5) is 0 Å². The van der Waals surface area contributed by atoms with Crippen molar-refractivity contribution >= 4 is 22.8 Å². The largest absolute Gasteiger partial charge is 0.481 e. The van der Waals surface area contributed by atoms with Crippen molar-refractivity contribution in [3.8, 4) is 0 Å². The molecule has 0 unspecified atom stereocenters. The Balaban J connectivity index is 2.23. The molecule has 0 heterocycles. The molecule has 0 bridgehead atoms. The molecule has 1 aromatic rings. The van der Waals surface area contributed by atoms with Gasteiger partial charge in [-0.3, -0.25) is 9.59 Å². The molecule has 0 saturated heterocycles. The number of aliphatic carboxylic acids is 1. The van der Waals surface area contributed by atoms with Gasteiger partial charge >= 0.3 is 5.97 Å². The van der Waals surface area contributed by atoms with Crippen LogP contribution < -0.4 is 0 Å². The normalized spacial score (nSPS) is 19.5. The first kappa shape index (κ1) is 14.1. The average molecular weight is 278 g/mol. The van der Waals surface area contributed by atoms with Gasteiger partial charge in [0, 0.05) is 12.7 Å². The molecule has 0 saturated carbocycles. The highest BCUT2D eigenvalue weighted by molar-refractivity contribution is 8.13. The van der Waals surface area contributed by atoms with Gasteiger partial charge < -0.3 is 5.11 Å². The monoisotopic (exact) mass is 278 g/mol. The minimum absolute atomic E-state index is 0.0182. The summed E-state index contributed by atoms with van der Waals surface area (Å²) in [6.45, 7) is 1.48. The van der Waals surface area contributed by atoms with Crippen LogP contribution in [-0.2, 0) is 16.0 Å². The molecule has 0 radical (unpaired) electrons. The Labute approximate surface area is 117 Å². The Hall–Kier alpha value is -1.29. The maximum atomic E-state index is 11.5. The van der Waals surface area contributed by atoms with Crippen molar-refractivity contribution in [3.63, 3.8) is 0 Å². The maximum Gasteiger partial charge on any atom is 0.307 e. The second kappa shape index (κ2) is 6.24. The molecule has 0 aliphatic heterocycles. The Kier molecular flexibility index (Phi) is 4.64. The van der Waals surface area contributed by atoms with E-state index in [4.69, 9.17) is 0 Å². The number of carboxylic acid groups (broad SMARTS) is 1. The van der Waals surface area contributed by atoms with E-state index in [0.29, 0.717) is 5.75 Å². The fourth-order valence-corrected chi connectivity index (χ4v) is 3.57. The molecular formula is C15H18O3S. The van der Waals surface area contributed by atoms with E-state index in [2.05, 4.69) is 6.07 Å². The van der Waals surface area contributed by atoms with Crippen LogP contribution >= 0.6 is 11.8 Å². The number of rotatable bonds is 4. The molecule has 0 spiro atoms. The van der Waals surface area contributed by atoms with Gasteiger partial charge in [-0.25, -0.2) is 0 Å². The lowest BCUT2D eigenvalue weighted by atomic mass is 9.76. The number of hydrogen-bond donors (Lipinski definition) is 1. The topological polar surface area (TPSA) is 54.4 Å². The van der Waals surface area contributed by atoms with E-state index in [1.165, 1.54) is 12.5 Å². The molecule has 0 aromatic heterocycles. The van der Waals surface area contributed by atoms with Crippen molar-refractivity contribution in [2.75, 3.05) is 5.75 Å². The summed E-state index contributed by atoms with van der Waals surface area (Å²) in [5, 5.41) is 9.42. The Morgan fingerprint density at radius 3 is 2.84 bits per heavy atom. The lowest BCUT2D eigenvalue weighted by Gasteiger charge is -2.29. The van der Waals surface area contributed by atoms with Crippen molar-refractivity contribution < 1.29 is 14.7 Å². The second-order valence-corrected chi connectivity index (χ2v) is 6.14. The van der Waals surface area contributed by atoms with Crippen LogP contribution in [0.5, 0.6) is 0 Å². The van der Waals surface area contributed by atoms with Crippen LogP contribution in [0.25, 0.3) is 0 Å². The molecule has 4 heteroatoms. The molecule has 1 aromatic carbocycles. The summed E-state index contributed by atoms with van der Waals surface area (Å²) in [7, 11) is 0. The van der Waals surface area contributed by atoms with Gasteiger partial charge in [0.05, 0.1) is 5.92 Å². The summed E-state index contributed by atoms with van der Waals surface area (Å²) in [5.41, 5.74) is 2.42. The van der Waals surface area contributed by atoms with Crippen LogP contribution in [-0.4, -0.2) is 21.9 Å². The van der Waals surface area contributed by atoms with E-state index < -0.39 is 11.9 Å². The van der Waals surface area contributed by atoms with Gasteiger partial charge in [0.25, 0.3) is 0 Å². The zero-order valence-corrected chi connectivity index (χ0v) is 11.8. The van der Waals surface area contributed by atoms with Crippen LogP contribution in [0.15, 0.2) is 24.3 Å². The highest BCUT2D eigenvalue weighted by Crippen LogP contribution is 2.38. The molecule has 19 heavy (non-hydrogen) atoms. The number of benzene rings is 1. The van der Waals surface area contributed by atoms with Crippen LogP contribution in [0.2, 0.25) is 0 Å². The fraction of sp³-hybridized carbons (Fsp3) is 0.467. The average Bonchev–Trinajstić information content (AvgIpc) is 2.38. The van der Waals surface area contributed by atoms with Gasteiger partial charge in [0.2, 0.25) is 0 Å². The van der Waals surface area contributed by atoms with Gasteiger partial charge in [-0.1, -0.05) is 36.0 Å². The first-order valence-corrected chi connectivity index (χ1v) is 7.52. The fourth-order valence-electron chi connectivity index (χ4n) is 2.78. The van der Waals surface area contributed by atoms with E-state index in [-0.39, 0.29) is 11.0 Å². The van der Waals surface area contributed by atoms with Crippen molar-refractivity contribution in [3.05, 3.63) is 35.4 Å². The zero-order chi connectivity index (χ0) is 13.8. The van der Waals surface area contributed by atoms with Crippen LogP contribution in [0.3, 0.4) is 0 Å². The zero-order valence-electron chi connectivity index (χ0n) is 11.0. The minimum atomic E-state index is -0.796. The number of thioether (sulfide) groups is 1. The molecule has 102 valence electrons. The standard InChI is InChI=1S/C15H18O3S/c1-10(16)19-9-14(15(17)18)13-8-4-6-11-5-2-3-7-12(11)13/h2-3,5,7,13-14H,4,6,8-9H2,1H3,(H,17,18)/t13-,14-/m1/s1. The lowest BCUT2D eigenvalue weighted by molar-refractivity contribution is -0.141. The van der Waals surface area contributed by atoms with Crippen LogP contribution in [0.1, 0.15) is 36.8 Å². The van der Waals surface area contributed by atoms with Crippen LogP contribution in [0, 0.1) is 5.92 Å². The van der Waals surface area contributed by atoms with Gasteiger partial charge in [-0.2, -0.15) is 0 Å². The number of carbonyl (C=O) groups excluding carboxylic acids is 1. The summed E-state index contributed by atoms with van der Waals surface area (Å²) in [4.78, 5) is 22.6. The predicted octanol–water partition coefficient (Wildman–Crippen LogP) is 3.09. The first-order chi connectivity index (χ1) is 9.09. The third-order valence-corrected chi connectivity index (χ3v) is 4.62. The molecule has 2 atom stereocenters. The van der Waals surface area contributed by atoms with Crippen molar-refractivity contribution in [1.29, 1.82) is 0 Å². The number of fused-ring (bicyclic) bond motifs is 1. The number of hydrogen-bond acceptors (Lipinski definition) is 3. The first-order valence-electron chi connectivity index (χ1n) is 6.53. The molecule has 2 rings (SSSR count).